The van der Waals surface area contributed by atoms with Gasteiger partial charge >= 0.3 is 0 Å². The van der Waals surface area contributed by atoms with E-state index in [0.29, 0.717) is 17.1 Å². The van der Waals surface area contributed by atoms with Crippen molar-refractivity contribution in [1.29, 1.82) is 0 Å². The van der Waals surface area contributed by atoms with Crippen molar-refractivity contribution < 1.29 is 4.79 Å². The number of aromatic nitrogens is 1. The number of hydrogen-bond acceptors (Lipinski definition) is 4. The average molecular weight is 297 g/mol. The second kappa shape index (κ2) is 5.93. The van der Waals surface area contributed by atoms with Gasteiger partial charge in [0.2, 0.25) is 0 Å². The first-order valence-corrected chi connectivity index (χ1v) is 7.51. The first kappa shape index (κ1) is 13.6. The minimum absolute atomic E-state index is 0.0503. The largest absolute Gasteiger partial charge is 0.399 e. The number of thiophene rings is 1. The SMILES string of the molecule is Nc1ccc2sc(C(=O)NCCc3ccccn3)cc2c1. The molecule has 0 aliphatic carbocycles. The summed E-state index contributed by atoms with van der Waals surface area (Å²) < 4.78 is 1.07. The molecule has 0 radical (unpaired) electrons. The number of pyridine rings is 1. The van der Waals surface area contributed by atoms with Gasteiger partial charge in [-0.25, -0.2) is 0 Å². The minimum Gasteiger partial charge on any atom is -0.399 e. The molecule has 2 heterocycles. The zero-order chi connectivity index (χ0) is 14.7. The Bertz CT molecular complexity index is 768. The summed E-state index contributed by atoms with van der Waals surface area (Å²) in [6.07, 6.45) is 2.48. The van der Waals surface area contributed by atoms with Gasteiger partial charge < -0.3 is 11.1 Å². The van der Waals surface area contributed by atoms with E-state index in [-0.39, 0.29) is 5.91 Å². The van der Waals surface area contributed by atoms with Gasteiger partial charge in [-0.1, -0.05) is 6.07 Å². The number of nitrogens with one attached hydrogen (secondary N) is 1. The number of hydrogen-bond donors (Lipinski definition) is 2. The van der Waals surface area contributed by atoms with Crippen LogP contribution in [-0.2, 0) is 6.42 Å². The summed E-state index contributed by atoms with van der Waals surface area (Å²) in [5, 5.41) is 3.93. The molecular formula is C16H15N3OS. The topological polar surface area (TPSA) is 68.0 Å². The van der Waals surface area contributed by atoms with Crippen molar-refractivity contribution in [3.05, 3.63) is 59.2 Å². The van der Waals surface area contributed by atoms with Gasteiger partial charge in [-0.3, -0.25) is 9.78 Å². The molecule has 1 amide bonds. The number of amides is 1. The van der Waals surface area contributed by atoms with E-state index in [1.807, 2.05) is 42.5 Å². The fourth-order valence-electron chi connectivity index (χ4n) is 2.11. The number of benzene rings is 1. The summed E-state index contributed by atoms with van der Waals surface area (Å²) in [6, 6.07) is 13.3. The van der Waals surface area contributed by atoms with Crippen molar-refractivity contribution in [3.8, 4) is 0 Å². The third kappa shape index (κ3) is 3.20. The van der Waals surface area contributed by atoms with Gasteiger partial charge in [0.25, 0.3) is 5.91 Å². The Labute approximate surface area is 126 Å². The van der Waals surface area contributed by atoms with E-state index < -0.39 is 0 Å². The average Bonchev–Trinajstić information content (AvgIpc) is 2.91. The monoisotopic (exact) mass is 297 g/mol. The lowest BCUT2D eigenvalue weighted by Crippen LogP contribution is -2.25. The maximum absolute atomic E-state index is 12.1. The Kier molecular flexibility index (Phi) is 3.83. The van der Waals surface area contributed by atoms with Crippen molar-refractivity contribution >= 4 is 33.0 Å². The van der Waals surface area contributed by atoms with Crippen LogP contribution in [0.15, 0.2) is 48.7 Å². The fraction of sp³-hybridized carbons (Fsp3) is 0.125. The van der Waals surface area contributed by atoms with Gasteiger partial charge in [0.05, 0.1) is 4.88 Å². The van der Waals surface area contributed by atoms with Gasteiger partial charge in [0.1, 0.15) is 0 Å². The molecule has 4 nitrogen and oxygen atoms in total. The summed E-state index contributed by atoms with van der Waals surface area (Å²) in [7, 11) is 0. The van der Waals surface area contributed by atoms with Gasteiger partial charge in [-0.2, -0.15) is 0 Å². The number of nitrogens with zero attached hydrogens (tertiary/aromatic N) is 1. The molecule has 0 atom stereocenters. The van der Waals surface area contributed by atoms with E-state index in [9.17, 15) is 4.79 Å². The van der Waals surface area contributed by atoms with Crippen LogP contribution in [0.25, 0.3) is 10.1 Å². The molecule has 0 saturated heterocycles. The molecule has 0 saturated carbocycles. The Balaban J connectivity index is 1.64. The van der Waals surface area contributed by atoms with Crippen LogP contribution in [0.5, 0.6) is 0 Å². The van der Waals surface area contributed by atoms with Crippen LogP contribution in [-0.4, -0.2) is 17.4 Å². The van der Waals surface area contributed by atoms with Crippen molar-refractivity contribution in [2.45, 2.75) is 6.42 Å². The molecule has 0 spiro atoms. The lowest BCUT2D eigenvalue weighted by molar-refractivity contribution is 0.0958. The molecule has 106 valence electrons. The Morgan fingerprint density at radius 1 is 1.24 bits per heavy atom. The molecule has 5 heteroatoms. The molecule has 21 heavy (non-hydrogen) atoms. The lowest BCUT2D eigenvalue weighted by Gasteiger charge is -2.02. The van der Waals surface area contributed by atoms with Crippen molar-refractivity contribution in [2.24, 2.45) is 0 Å². The maximum atomic E-state index is 12.1. The quantitative estimate of drug-likeness (QED) is 0.728. The zero-order valence-electron chi connectivity index (χ0n) is 11.4. The molecule has 3 N–H and O–H groups in total. The Morgan fingerprint density at radius 3 is 2.95 bits per heavy atom. The number of anilines is 1. The summed E-state index contributed by atoms with van der Waals surface area (Å²) in [5.74, 6) is -0.0503. The van der Waals surface area contributed by atoms with E-state index in [4.69, 9.17) is 5.73 Å². The van der Waals surface area contributed by atoms with Gasteiger partial charge in [-0.05, 0) is 41.8 Å². The van der Waals surface area contributed by atoms with E-state index >= 15 is 0 Å². The minimum atomic E-state index is -0.0503. The van der Waals surface area contributed by atoms with Crippen LogP contribution in [0.3, 0.4) is 0 Å². The Morgan fingerprint density at radius 2 is 2.14 bits per heavy atom. The van der Waals surface area contributed by atoms with E-state index in [1.54, 1.807) is 6.20 Å². The first-order valence-electron chi connectivity index (χ1n) is 6.69. The molecule has 0 unspecified atom stereocenters. The molecular weight excluding hydrogens is 282 g/mol. The van der Waals surface area contributed by atoms with Gasteiger partial charge in [0.15, 0.2) is 0 Å². The number of carbonyl (C=O) groups excluding carboxylic acids is 1. The molecule has 3 rings (SSSR count). The second-order valence-corrected chi connectivity index (χ2v) is 5.82. The van der Waals surface area contributed by atoms with Crippen LogP contribution in [0.1, 0.15) is 15.4 Å². The van der Waals surface area contributed by atoms with E-state index in [0.717, 1.165) is 22.2 Å². The van der Waals surface area contributed by atoms with Crippen molar-refractivity contribution in [3.63, 3.8) is 0 Å². The molecule has 0 fully saturated rings. The van der Waals surface area contributed by atoms with Crippen molar-refractivity contribution in [2.75, 3.05) is 12.3 Å². The number of nitrogen functional groups attached to an aromatic ring is 1. The van der Waals surface area contributed by atoms with Crippen LogP contribution in [0.2, 0.25) is 0 Å². The van der Waals surface area contributed by atoms with Gasteiger partial charge in [0, 0.05) is 35.2 Å². The van der Waals surface area contributed by atoms with Crippen LogP contribution >= 0.6 is 11.3 Å². The predicted molar refractivity (Wildman–Crippen MR) is 86.5 cm³/mol. The highest BCUT2D eigenvalue weighted by atomic mass is 32.1. The molecule has 0 bridgehead atoms. The van der Waals surface area contributed by atoms with Crippen LogP contribution in [0.4, 0.5) is 5.69 Å². The van der Waals surface area contributed by atoms with Crippen molar-refractivity contribution in [1.82, 2.24) is 10.3 Å². The van der Waals surface area contributed by atoms with Crippen LogP contribution in [0, 0.1) is 0 Å². The lowest BCUT2D eigenvalue weighted by atomic mass is 10.2. The molecule has 1 aromatic carbocycles. The third-order valence-corrected chi connectivity index (χ3v) is 4.27. The number of rotatable bonds is 4. The summed E-state index contributed by atoms with van der Waals surface area (Å²) >= 11 is 1.48. The highest BCUT2D eigenvalue weighted by Gasteiger charge is 2.10. The highest BCUT2D eigenvalue weighted by Crippen LogP contribution is 2.27. The molecule has 2 aromatic heterocycles. The number of carbonyl (C=O) groups is 1. The summed E-state index contributed by atoms with van der Waals surface area (Å²) in [6.45, 7) is 0.576. The number of fused-ring (bicyclic) bond motifs is 1. The Hall–Kier alpha value is -2.40. The molecule has 0 aliphatic rings. The summed E-state index contributed by atoms with van der Waals surface area (Å²) in [4.78, 5) is 17.1. The predicted octanol–water partition coefficient (Wildman–Crippen LogP) is 2.85. The standard InChI is InChI=1S/C16H15N3OS/c17-12-4-5-14-11(9-12)10-15(21-14)16(20)19-8-6-13-3-1-2-7-18-13/h1-5,7,9-10H,6,8,17H2,(H,19,20). The first-order chi connectivity index (χ1) is 10.2. The normalized spacial score (nSPS) is 10.7. The highest BCUT2D eigenvalue weighted by molar-refractivity contribution is 7.20. The molecule has 3 aromatic rings. The second-order valence-electron chi connectivity index (χ2n) is 4.73. The van der Waals surface area contributed by atoms with Crippen LogP contribution < -0.4 is 11.1 Å². The fourth-order valence-corrected chi connectivity index (χ4v) is 3.07. The molecule has 0 aliphatic heterocycles. The van der Waals surface area contributed by atoms with E-state index in [2.05, 4.69) is 10.3 Å². The summed E-state index contributed by atoms with van der Waals surface area (Å²) in [5.41, 5.74) is 7.44. The zero-order valence-corrected chi connectivity index (χ0v) is 12.2. The van der Waals surface area contributed by atoms with E-state index in [1.165, 1.54) is 11.3 Å². The smallest absolute Gasteiger partial charge is 0.261 e. The van der Waals surface area contributed by atoms with Gasteiger partial charge in [-0.15, -0.1) is 11.3 Å². The maximum Gasteiger partial charge on any atom is 0.261 e. The number of nitrogens with two attached hydrogens (primary N) is 1. The third-order valence-electron chi connectivity index (χ3n) is 3.16.